The Kier molecular flexibility index (Phi) is 4.82. The van der Waals surface area contributed by atoms with Crippen LogP contribution in [0.25, 0.3) is 0 Å². The molecule has 0 amide bonds. The number of aliphatic hydroxyl groups is 1. The van der Waals surface area contributed by atoms with Gasteiger partial charge in [-0.15, -0.1) is 0 Å². The van der Waals surface area contributed by atoms with Gasteiger partial charge in [0, 0.05) is 16.7 Å². The lowest BCUT2D eigenvalue weighted by Crippen LogP contribution is -2.41. The molecule has 0 atom stereocenters. The van der Waals surface area contributed by atoms with Gasteiger partial charge in [0.05, 0.1) is 5.60 Å². The maximum absolute atomic E-state index is 10.3. The van der Waals surface area contributed by atoms with Gasteiger partial charge >= 0.3 is 0 Å². The summed E-state index contributed by atoms with van der Waals surface area (Å²) >= 11 is 2.33. The molecule has 3 heteroatoms. The van der Waals surface area contributed by atoms with Gasteiger partial charge in [0.25, 0.3) is 0 Å². The molecule has 1 aliphatic rings. The molecule has 1 fully saturated rings. The maximum Gasteiger partial charge on any atom is 0.0771 e. The van der Waals surface area contributed by atoms with E-state index in [1.807, 2.05) is 0 Å². The predicted octanol–water partition coefficient (Wildman–Crippen LogP) is 3.08. The third-order valence-electron chi connectivity index (χ3n) is 3.46. The van der Waals surface area contributed by atoms with Gasteiger partial charge in [-0.2, -0.15) is 0 Å². The standard InChI is InChI=1S/C14H20INO/c15-13-6-4-5-12(9-13)10-16-11-14(17)7-2-1-3-8-14/h4-6,9,16-17H,1-3,7-8,10-11H2. The van der Waals surface area contributed by atoms with Crippen LogP contribution in [-0.2, 0) is 6.54 Å². The Morgan fingerprint density at radius 3 is 2.71 bits per heavy atom. The summed E-state index contributed by atoms with van der Waals surface area (Å²) in [6, 6.07) is 8.48. The van der Waals surface area contributed by atoms with E-state index in [-0.39, 0.29) is 0 Å². The topological polar surface area (TPSA) is 32.3 Å². The van der Waals surface area contributed by atoms with Gasteiger partial charge < -0.3 is 10.4 Å². The summed E-state index contributed by atoms with van der Waals surface area (Å²) in [4.78, 5) is 0. The second-order valence-electron chi connectivity index (χ2n) is 5.02. The van der Waals surface area contributed by atoms with Crippen LogP contribution >= 0.6 is 22.6 Å². The number of rotatable bonds is 4. The second kappa shape index (κ2) is 6.16. The van der Waals surface area contributed by atoms with E-state index in [9.17, 15) is 5.11 Å². The minimum Gasteiger partial charge on any atom is -0.389 e. The van der Waals surface area contributed by atoms with Crippen molar-refractivity contribution in [3.05, 3.63) is 33.4 Å². The van der Waals surface area contributed by atoms with E-state index in [4.69, 9.17) is 0 Å². The molecule has 1 aromatic rings. The van der Waals surface area contributed by atoms with E-state index in [1.54, 1.807) is 0 Å². The van der Waals surface area contributed by atoms with Crippen LogP contribution in [-0.4, -0.2) is 17.3 Å². The molecule has 0 spiro atoms. The Morgan fingerprint density at radius 2 is 2.00 bits per heavy atom. The Morgan fingerprint density at radius 1 is 1.24 bits per heavy atom. The molecule has 1 saturated carbocycles. The largest absolute Gasteiger partial charge is 0.389 e. The Balaban J connectivity index is 1.79. The lowest BCUT2D eigenvalue weighted by molar-refractivity contribution is 0.00467. The van der Waals surface area contributed by atoms with Gasteiger partial charge in [-0.1, -0.05) is 31.4 Å². The highest BCUT2D eigenvalue weighted by atomic mass is 127. The monoisotopic (exact) mass is 345 g/mol. The Labute approximate surface area is 117 Å². The fourth-order valence-electron chi connectivity index (χ4n) is 2.47. The zero-order valence-corrected chi connectivity index (χ0v) is 12.2. The average molecular weight is 345 g/mol. The highest BCUT2D eigenvalue weighted by Crippen LogP contribution is 2.27. The molecule has 2 rings (SSSR count). The van der Waals surface area contributed by atoms with Crippen LogP contribution in [0.1, 0.15) is 37.7 Å². The molecule has 1 aromatic carbocycles. The van der Waals surface area contributed by atoms with Gasteiger partial charge in [0.1, 0.15) is 0 Å². The minimum absolute atomic E-state index is 0.458. The van der Waals surface area contributed by atoms with Crippen molar-refractivity contribution < 1.29 is 5.11 Å². The molecule has 0 unspecified atom stereocenters. The molecule has 1 aliphatic carbocycles. The van der Waals surface area contributed by atoms with Crippen LogP contribution in [0.4, 0.5) is 0 Å². The smallest absolute Gasteiger partial charge is 0.0771 e. The third-order valence-corrected chi connectivity index (χ3v) is 4.13. The highest BCUT2D eigenvalue weighted by Gasteiger charge is 2.28. The zero-order valence-electron chi connectivity index (χ0n) is 10.1. The summed E-state index contributed by atoms with van der Waals surface area (Å²) in [6.07, 6.45) is 5.51. The van der Waals surface area contributed by atoms with Crippen molar-refractivity contribution >= 4 is 22.6 Å². The SMILES string of the molecule is OC1(CNCc2cccc(I)c2)CCCCC1. The van der Waals surface area contributed by atoms with E-state index in [2.05, 4.69) is 52.2 Å². The van der Waals surface area contributed by atoms with E-state index in [1.165, 1.54) is 28.4 Å². The van der Waals surface area contributed by atoms with Crippen LogP contribution in [0.5, 0.6) is 0 Å². The predicted molar refractivity (Wildman–Crippen MR) is 78.9 cm³/mol. The van der Waals surface area contributed by atoms with Crippen molar-refractivity contribution in [2.45, 2.75) is 44.2 Å². The number of hydrogen-bond acceptors (Lipinski definition) is 2. The fraction of sp³-hybridized carbons (Fsp3) is 0.571. The normalized spacial score (nSPS) is 19.2. The maximum atomic E-state index is 10.3. The number of benzene rings is 1. The number of nitrogens with one attached hydrogen (secondary N) is 1. The summed E-state index contributed by atoms with van der Waals surface area (Å²) in [6.45, 7) is 1.57. The van der Waals surface area contributed by atoms with Crippen molar-refractivity contribution in [1.29, 1.82) is 0 Å². The third kappa shape index (κ3) is 4.23. The molecule has 94 valence electrons. The van der Waals surface area contributed by atoms with Crippen LogP contribution in [0.2, 0.25) is 0 Å². The summed E-state index contributed by atoms with van der Waals surface area (Å²) in [5.74, 6) is 0. The molecule has 17 heavy (non-hydrogen) atoms. The van der Waals surface area contributed by atoms with Crippen LogP contribution in [0.15, 0.2) is 24.3 Å². The second-order valence-corrected chi connectivity index (χ2v) is 6.26. The first-order chi connectivity index (χ1) is 8.18. The Bertz CT molecular complexity index is 361. The van der Waals surface area contributed by atoms with E-state index >= 15 is 0 Å². The van der Waals surface area contributed by atoms with Crippen LogP contribution in [0, 0.1) is 3.57 Å². The highest BCUT2D eigenvalue weighted by molar-refractivity contribution is 14.1. The van der Waals surface area contributed by atoms with Gasteiger partial charge in [-0.05, 0) is 53.1 Å². The molecule has 0 bridgehead atoms. The summed E-state index contributed by atoms with van der Waals surface area (Å²) in [5.41, 5.74) is 0.830. The molecular weight excluding hydrogens is 325 g/mol. The van der Waals surface area contributed by atoms with Crippen LogP contribution < -0.4 is 5.32 Å². The van der Waals surface area contributed by atoms with Gasteiger partial charge in [-0.3, -0.25) is 0 Å². The van der Waals surface area contributed by atoms with Crippen molar-refractivity contribution in [1.82, 2.24) is 5.32 Å². The van der Waals surface area contributed by atoms with Crippen molar-refractivity contribution in [3.63, 3.8) is 0 Å². The molecular formula is C14H20INO. The molecule has 0 heterocycles. The lowest BCUT2D eigenvalue weighted by Gasteiger charge is -2.32. The van der Waals surface area contributed by atoms with Crippen LogP contribution in [0.3, 0.4) is 0 Å². The first-order valence-electron chi connectivity index (χ1n) is 6.36. The van der Waals surface area contributed by atoms with Gasteiger partial charge in [0.2, 0.25) is 0 Å². The van der Waals surface area contributed by atoms with Gasteiger partial charge in [-0.25, -0.2) is 0 Å². The average Bonchev–Trinajstić information content (AvgIpc) is 2.30. The number of hydrogen-bond donors (Lipinski definition) is 2. The summed E-state index contributed by atoms with van der Waals surface area (Å²) in [5, 5.41) is 13.7. The number of halogens is 1. The Hall–Kier alpha value is -0.130. The van der Waals surface area contributed by atoms with E-state index < -0.39 is 5.60 Å². The van der Waals surface area contributed by atoms with Crippen molar-refractivity contribution in [3.8, 4) is 0 Å². The molecule has 2 nitrogen and oxygen atoms in total. The molecule has 0 saturated heterocycles. The molecule has 0 aliphatic heterocycles. The summed E-state index contributed by atoms with van der Waals surface area (Å²) < 4.78 is 1.26. The van der Waals surface area contributed by atoms with Crippen molar-refractivity contribution in [2.75, 3.05) is 6.54 Å². The molecule has 0 aromatic heterocycles. The molecule has 2 N–H and O–H groups in total. The minimum atomic E-state index is -0.458. The fourth-order valence-corrected chi connectivity index (χ4v) is 3.08. The van der Waals surface area contributed by atoms with E-state index in [0.29, 0.717) is 0 Å². The van der Waals surface area contributed by atoms with Crippen molar-refractivity contribution in [2.24, 2.45) is 0 Å². The first-order valence-corrected chi connectivity index (χ1v) is 7.43. The zero-order chi connectivity index (χ0) is 12.1. The van der Waals surface area contributed by atoms with Gasteiger partial charge in [0.15, 0.2) is 0 Å². The van der Waals surface area contributed by atoms with E-state index in [0.717, 1.165) is 25.9 Å². The first kappa shape index (κ1) is 13.3. The summed E-state index contributed by atoms with van der Waals surface area (Å²) in [7, 11) is 0. The lowest BCUT2D eigenvalue weighted by atomic mass is 9.85. The molecule has 0 radical (unpaired) electrons. The quantitative estimate of drug-likeness (QED) is 0.822.